The number of carbonyl (C=O) groups is 4. The van der Waals surface area contributed by atoms with E-state index < -0.39 is 23.3 Å². The monoisotopic (exact) mass is 660 g/mol. The number of methoxy groups -OCH3 is 2. The van der Waals surface area contributed by atoms with Crippen molar-refractivity contribution in [1.82, 2.24) is 30.7 Å². The minimum absolute atomic E-state index is 0.0860. The van der Waals surface area contributed by atoms with Crippen molar-refractivity contribution in [3.05, 3.63) is 59.8 Å². The van der Waals surface area contributed by atoms with Gasteiger partial charge in [-0.25, -0.2) is 0 Å². The molecule has 2 fully saturated rings. The lowest BCUT2D eigenvalue weighted by molar-refractivity contribution is -0.151. The average molecular weight is 661 g/mol. The van der Waals surface area contributed by atoms with Gasteiger partial charge in [-0.05, 0) is 68.1 Å². The molecule has 13 heteroatoms. The summed E-state index contributed by atoms with van der Waals surface area (Å²) in [5, 5.41) is 9.33. The van der Waals surface area contributed by atoms with Crippen LogP contribution in [-0.4, -0.2) is 110 Å². The smallest absolute Gasteiger partial charge is 0.312 e. The summed E-state index contributed by atoms with van der Waals surface area (Å²) in [5.41, 5.74) is 0.459. The number of nitrogens with one attached hydrogen (secondary N) is 3. The number of carbonyl (C=O) groups excluding carboxylic acids is 4. The lowest BCUT2D eigenvalue weighted by atomic mass is 9.92. The molecule has 13 nitrogen and oxygen atoms in total. The lowest BCUT2D eigenvalue weighted by Crippen LogP contribution is -2.56. The summed E-state index contributed by atoms with van der Waals surface area (Å²) >= 11 is 0. The van der Waals surface area contributed by atoms with E-state index in [-0.39, 0.29) is 25.4 Å². The summed E-state index contributed by atoms with van der Waals surface area (Å²) in [4.78, 5) is 61.1. The van der Waals surface area contributed by atoms with Gasteiger partial charge in [0.05, 0.1) is 38.5 Å². The van der Waals surface area contributed by atoms with Gasteiger partial charge < -0.3 is 40.0 Å². The maximum Gasteiger partial charge on any atom is 0.312 e. The molecule has 3 amide bonds. The third-order valence-electron chi connectivity index (χ3n) is 9.05. The number of piperazine rings is 1. The van der Waals surface area contributed by atoms with Crippen LogP contribution in [0.1, 0.15) is 42.1 Å². The van der Waals surface area contributed by atoms with Gasteiger partial charge in [-0.2, -0.15) is 0 Å². The highest BCUT2D eigenvalue weighted by molar-refractivity contribution is 6.35. The second-order valence-corrected chi connectivity index (χ2v) is 12.1. The van der Waals surface area contributed by atoms with Crippen LogP contribution in [0.4, 0.5) is 0 Å². The quantitative estimate of drug-likeness (QED) is 0.183. The molecule has 2 aliphatic rings. The summed E-state index contributed by atoms with van der Waals surface area (Å²) in [6.07, 6.45) is 3.37. The second-order valence-electron chi connectivity index (χ2n) is 12.1. The van der Waals surface area contributed by atoms with Gasteiger partial charge in [0.15, 0.2) is 17.3 Å². The van der Waals surface area contributed by atoms with Crippen LogP contribution in [0.25, 0.3) is 10.9 Å². The molecule has 0 bridgehead atoms. The summed E-state index contributed by atoms with van der Waals surface area (Å²) < 4.78 is 16.5. The number of Topliss-reactive ketones (excluding diaryl/α,β-unsaturated/α-hetero) is 1. The number of benzene rings is 2. The predicted octanol–water partition coefficient (Wildman–Crippen LogP) is 1.92. The van der Waals surface area contributed by atoms with Gasteiger partial charge in [0.1, 0.15) is 11.3 Å². The first-order valence-corrected chi connectivity index (χ1v) is 16.3. The van der Waals surface area contributed by atoms with E-state index in [0.29, 0.717) is 58.7 Å². The average Bonchev–Trinajstić information content (AvgIpc) is 3.53. The number of fused-ring (bicyclic) bond motifs is 1. The first-order valence-electron chi connectivity index (χ1n) is 16.3. The van der Waals surface area contributed by atoms with Crippen molar-refractivity contribution in [1.29, 1.82) is 0 Å². The molecule has 1 atom stereocenters. The Morgan fingerprint density at radius 1 is 0.958 bits per heavy atom. The Balaban J connectivity index is 1.16. The van der Waals surface area contributed by atoms with Crippen LogP contribution in [0.3, 0.4) is 0 Å². The van der Waals surface area contributed by atoms with Crippen LogP contribution in [0.15, 0.2) is 48.7 Å². The van der Waals surface area contributed by atoms with E-state index >= 15 is 0 Å². The molecule has 5 rings (SSSR count). The van der Waals surface area contributed by atoms with Crippen LogP contribution in [0, 0.1) is 0 Å². The molecule has 2 aromatic carbocycles. The van der Waals surface area contributed by atoms with E-state index in [1.807, 2.05) is 12.1 Å². The van der Waals surface area contributed by atoms with Crippen molar-refractivity contribution in [2.24, 2.45) is 0 Å². The zero-order valence-corrected chi connectivity index (χ0v) is 27.8. The number of amides is 3. The fraction of sp³-hybridized carbons (Fsp3) is 0.457. The number of ketones is 1. The molecule has 3 aromatic rings. The van der Waals surface area contributed by atoms with E-state index in [2.05, 4.69) is 25.8 Å². The van der Waals surface area contributed by atoms with E-state index in [1.54, 1.807) is 43.5 Å². The van der Waals surface area contributed by atoms with Gasteiger partial charge in [-0.15, -0.1) is 0 Å². The molecule has 3 heterocycles. The third-order valence-corrected chi connectivity index (χ3v) is 9.05. The van der Waals surface area contributed by atoms with E-state index in [1.165, 1.54) is 19.1 Å². The number of aromatic nitrogens is 1. The van der Waals surface area contributed by atoms with Crippen molar-refractivity contribution in [2.45, 2.75) is 38.3 Å². The zero-order valence-electron chi connectivity index (χ0n) is 27.8. The second kappa shape index (κ2) is 15.9. The maximum absolute atomic E-state index is 13.5. The van der Waals surface area contributed by atoms with Gasteiger partial charge in [0.2, 0.25) is 0 Å². The topological polar surface area (TPSA) is 151 Å². The summed E-state index contributed by atoms with van der Waals surface area (Å²) in [5.74, 6) is -0.737. The molecule has 0 spiro atoms. The molecule has 256 valence electrons. The van der Waals surface area contributed by atoms with Crippen LogP contribution >= 0.6 is 0 Å². The Hall–Kier alpha value is -4.75. The fourth-order valence-corrected chi connectivity index (χ4v) is 6.22. The highest BCUT2D eigenvalue weighted by atomic mass is 16.5. The number of nitrogens with zero attached hydrogens (tertiary/aromatic N) is 3. The van der Waals surface area contributed by atoms with Crippen molar-refractivity contribution >= 4 is 34.4 Å². The van der Waals surface area contributed by atoms with E-state index in [9.17, 15) is 19.2 Å². The Morgan fingerprint density at radius 2 is 1.75 bits per heavy atom. The minimum Gasteiger partial charge on any atom is -0.494 e. The zero-order chi connectivity index (χ0) is 34.1. The SMILES string of the molecule is COc1ccc(CNC(=O)C(=O)N2CCC[C@]2(C)C(=O)CNC(=O)c2ccnc3ccc(OCCCN4CCNCC4)cc23)cc1OC. The van der Waals surface area contributed by atoms with Gasteiger partial charge >= 0.3 is 11.8 Å². The first-order chi connectivity index (χ1) is 23.2. The first kappa shape index (κ1) is 34.6. The minimum atomic E-state index is -1.24. The molecule has 3 N–H and O–H groups in total. The van der Waals surface area contributed by atoms with Crippen molar-refractivity contribution in [2.75, 3.05) is 66.6 Å². The Kier molecular flexibility index (Phi) is 11.5. The van der Waals surface area contributed by atoms with Gasteiger partial charge in [0, 0.05) is 57.4 Å². The number of rotatable bonds is 13. The molecule has 48 heavy (non-hydrogen) atoms. The standard InChI is InChI=1S/C35H44N6O7/c1-35(11-4-16-41(35)34(45)33(44)38-22-24-6-9-29(46-2)30(20-24)47-3)31(42)23-39-32(43)26-10-12-37-28-8-7-25(21-27(26)28)48-19-5-15-40-17-13-36-14-18-40/h6-10,12,20-21,36H,4-5,11,13-19,22-23H2,1-3H3,(H,38,44)(H,39,43)/t35-/m1/s1. The molecule has 2 aliphatic heterocycles. The fourth-order valence-electron chi connectivity index (χ4n) is 6.22. The molecular weight excluding hydrogens is 616 g/mol. The number of hydrogen-bond donors (Lipinski definition) is 3. The Labute approximate surface area is 280 Å². The molecule has 0 saturated carbocycles. The predicted molar refractivity (Wildman–Crippen MR) is 179 cm³/mol. The van der Waals surface area contributed by atoms with Crippen molar-refractivity contribution in [3.63, 3.8) is 0 Å². The number of hydrogen-bond acceptors (Lipinski definition) is 10. The third kappa shape index (κ3) is 8.03. The molecular formula is C35H44N6O7. The van der Waals surface area contributed by atoms with E-state index in [0.717, 1.165) is 39.1 Å². The molecule has 0 radical (unpaired) electrons. The van der Waals surface area contributed by atoms with Gasteiger partial charge in [-0.1, -0.05) is 6.07 Å². The van der Waals surface area contributed by atoms with Crippen LogP contribution in [0.5, 0.6) is 17.2 Å². The lowest BCUT2D eigenvalue weighted by Gasteiger charge is -2.33. The number of likely N-dealkylation sites (tertiary alicyclic amines) is 1. The molecule has 0 aliphatic carbocycles. The molecule has 0 unspecified atom stereocenters. The van der Waals surface area contributed by atoms with Crippen molar-refractivity contribution < 1.29 is 33.4 Å². The summed E-state index contributed by atoms with van der Waals surface area (Å²) in [6.45, 7) is 7.27. The van der Waals surface area contributed by atoms with Crippen molar-refractivity contribution in [3.8, 4) is 17.2 Å². The summed E-state index contributed by atoms with van der Waals surface area (Å²) in [6, 6.07) is 12.2. The molecule has 2 saturated heterocycles. The highest BCUT2D eigenvalue weighted by Crippen LogP contribution is 2.31. The Morgan fingerprint density at radius 3 is 2.52 bits per heavy atom. The Bertz CT molecular complexity index is 1640. The summed E-state index contributed by atoms with van der Waals surface area (Å²) in [7, 11) is 3.04. The van der Waals surface area contributed by atoms with Crippen LogP contribution < -0.4 is 30.2 Å². The number of ether oxygens (including phenoxy) is 3. The molecule has 1 aromatic heterocycles. The van der Waals surface area contributed by atoms with Gasteiger partial charge in [-0.3, -0.25) is 24.2 Å². The maximum atomic E-state index is 13.5. The largest absolute Gasteiger partial charge is 0.494 e. The van der Waals surface area contributed by atoms with E-state index in [4.69, 9.17) is 14.2 Å². The highest BCUT2D eigenvalue weighted by Gasteiger charge is 2.46. The normalized spacial score (nSPS) is 17.9. The van der Waals surface area contributed by atoms with Gasteiger partial charge in [0.25, 0.3) is 5.91 Å². The number of pyridine rings is 1. The van der Waals surface area contributed by atoms with Crippen LogP contribution in [0.2, 0.25) is 0 Å². The van der Waals surface area contributed by atoms with Crippen LogP contribution in [-0.2, 0) is 20.9 Å².